The van der Waals surface area contributed by atoms with Crippen molar-refractivity contribution >= 4 is 56.6 Å². The van der Waals surface area contributed by atoms with Crippen LogP contribution in [0.1, 0.15) is 4.88 Å². The average Bonchev–Trinajstić information content (AvgIpc) is 2.32. The Kier molecular flexibility index (Phi) is 2.35. The zero-order valence-corrected chi connectivity index (χ0v) is 10.3. The van der Waals surface area contributed by atoms with Gasteiger partial charge in [-0.15, -0.1) is 24.0 Å². The number of hydrogen-bond donors (Lipinski definition) is 1. The molecule has 12 heavy (non-hydrogen) atoms. The molecule has 2 aromatic rings. The molecule has 0 bridgehead atoms. The lowest BCUT2D eigenvalue weighted by molar-refractivity contribution is 1.58. The number of hydrogen-bond acceptors (Lipinski definition) is 2. The fourth-order valence-corrected chi connectivity index (χ4v) is 3.46. The first kappa shape index (κ1) is 8.84. The highest BCUT2D eigenvalue weighted by Gasteiger charge is 2.06. The third kappa shape index (κ3) is 1.28. The van der Waals surface area contributed by atoms with Gasteiger partial charge >= 0.3 is 0 Å². The van der Waals surface area contributed by atoms with Gasteiger partial charge in [0.2, 0.25) is 0 Å². The van der Waals surface area contributed by atoms with E-state index < -0.39 is 0 Å². The van der Waals surface area contributed by atoms with E-state index in [1.165, 1.54) is 18.5 Å². The van der Waals surface area contributed by atoms with Gasteiger partial charge in [0.25, 0.3) is 0 Å². The Hall–Kier alpha value is 0.260. The van der Waals surface area contributed by atoms with Crippen molar-refractivity contribution in [2.24, 2.45) is 0 Å². The van der Waals surface area contributed by atoms with Crippen LogP contribution in [0.25, 0.3) is 10.1 Å². The largest absolute Gasteiger partial charge is 0.142 e. The molecule has 0 aliphatic rings. The Bertz CT molecular complexity index is 431. The zero-order chi connectivity index (χ0) is 8.72. The summed E-state index contributed by atoms with van der Waals surface area (Å²) in [6.45, 7) is 2.15. The number of thiol groups is 1. The molecular formula is C9H7IS2. The summed E-state index contributed by atoms with van der Waals surface area (Å²) in [4.78, 5) is 2.47. The van der Waals surface area contributed by atoms with Gasteiger partial charge in [0.1, 0.15) is 0 Å². The van der Waals surface area contributed by atoms with Gasteiger partial charge in [0.05, 0.1) is 0 Å². The molecular weight excluding hydrogens is 299 g/mol. The summed E-state index contributed by atoms with van der Waals surface area (Å²) in [6, 6.07) is 6.25. The maximum absolute atomic E-state index is 4.42. The molecule has 0 radical (unpaired) electrons. The third-order valence-corrected chi connectivity index (χ3v) is 5.23. The summed E-state index contributed by atoms with van der Waals surface area (Å²) in [5, 5.41) is 1.34. The van der Waals surface area contributed by atoms with Gasteiger partial charge in [-0.05, 0) is 35.6 Å². The molecule has 1 aromatic carbocycles. The quantitative estimate of drug-likeness (QED) is 0.550. The normalized spacial score (nSPS) is 10.9. The Labute approximate surface area is 94.5 Å². The molecule has 0 atom stereocenters. The first-order chi connectivity index (χ1) is 5.70. The fourth-order valence-electron chi connectivity index (χ4n) is 1.19. The molecule has 0 aliphatic carbocycles. The van der Waals surface area contributed by atoms with Crippen LogP contribution >= 0.6 is 46.6 Å². The van der Waals surface area contributed by atoms with Crippen LogP contribution in [0.4, 0.5) is 0 Å². The van der Waals surface area contributed by atoms with Crippen LogP contribution in [0.5, 0.6) is 0 Å². The van der Waals surface area contributed by atoms with Crippen LogP contribution in [0.2, 0.25) is 0 Å². The van der Waals surface area contributed by atoms with Gasteiger partial charge in [-0.2, -0.15) is 0 Å². The van der Waals surface area contributed by atoms with Crippen LogP contribution < -0.4 is 0 Å². The summed E-state index contributed by atoms with van der Waals surface area (Å²) >= 11 is 8.63. The van der Waals surface area contributed by atoms with E-state index in [1.54, 1.807) is 0 Å². The van der Waals surface area contributed by atoms with Gasteiger partial charge in [0, 0.05) is 23.4 Å². The molecule has 2 rings (SSSR count). The fraction of sp³-hybridized carbons (Fsp3) is 0.111. The van der Waals surface area contributed by atoms with Crippen molar-refractivity contribution in [1.29, 1.82) is 0 Å². The van der Waals surface area contributed by atoms with Crippen molar-refractivity contribution in [1.82, 2.24) is 0 Å². The second-order valence-corrected chi connectivity index (χ2v) is 5.41. The van der Waals surface area contributed by atoms with Gasteiger partial charge < -0.3 is 0 Å². The molecule has 0 spiro atoms. The Balaban J connectivity index is 2.95. The molecule has 1 heterocycles. The minimum atomic E-state index is 1.09. The first-order valence-electron chi connectivity index (χ1n) is 3.56. The van der Waals surface area contributed by atoms with Gasteiger partial charge in [-0.1, -0.05) is 12.1 Å². The Morgan fingerprint density at radius 2 is 2.17 bits per heavy atom. The van der Waals surface area contributed by atoms with Gasteiger partial charge in [0.15, 0.2) is 0 Å². The van der Waals surface area contributed by atoms with E-state index in [4.69, 9.17) is 0 Å². The first-order valence-corrected chi connectivity index (χ1v) is 5.91. The highest BCUT2D eigenvalue weighted by molar-refractivity contribution is 14.1. The van der Waals surface area contributed by atoms with Crippen LogP contribution in [0.3, 0.4) is 0 Å². The summed E-state index contributed by atoms with van der Waals surface area (Å²) in [5.41, 5.74) is 0. The summed E-state index contributed by atoms with van der Waals surface area (Å²) < 4.78 is 2.67. The molecule has 0 unspecified atom stereocenters. The average molecular weight is 306 g/mol. The molecule has 0 saturated heterocycles. The second kappa shape index (κ2) is 3.20. The van der Waals surface area contributed by atoms with Crippen LogP contribution in [0.15, 0.2) is 23.1 Å². The van der Waals surface area contributed by atoms with E-state index in [0.717, 1.165) is 4.90 Å². The minimum absolute atomic E-state index is 1.09. The van der Waals surface area contributed by atoms with E-state index >= 15 is 0 Å². The number of thiophene rings is 1. The number of fused-ring (bicyclic) bond motifs is 1. The molecule has 0 saturated carbocycles. The van der Waals surface area contributed by atoms with Crippen molar-refractivity contribution in [2.75, 3.05) is 0 Å². The second-order valence-electron chi connectivity index (χ2n) is 2.63. The summed E-state index contributed by atoms with van der Waals surface area (Å²) in [6.07, 6.45) is 0. The number of benzene rings is 1. The highest BCUT2D eigenvalue weighted by atomic mass is 127. The number of rotatable bonds is 0. The molecule has 0 amide bonds. The zero-order valence-electron chi connectivity index (χ0n) is 6.47. The van der Waals surface area contributed by atoms with Gasteiger partial charge in [-0.25, -0.2) is 0 Å². The smallest absolute Gasteiger partial charge is 0.0489 e. The van der Waals surface area contributed by atoms with Crippen molar-refractivity contribution in [2.45, 2.75) is 11.8 Å². The lowest BCUT2D eigenvalue weighted by atomic mass is 10.2. The van der Waals surface area contributed by atoms with Crippen molar-refractivity contribution in [3.8, 4) is 0 Å². The standard InChI is InChI=1S/C9H7IS2/c1-5-8(10)6-3-2-4-7(11)9(6)12-5/h2-4,11H,1H3. The predicted octanol–water partition coefficient (Wildman–Crippen LogP) is 4.10. The molecule has 3 heteroatoms. The number of halogens is 1. The van der Waals surface area contributed by atoms with E-state index in [1.807, 2.05) is 17.4 Å². The van der Waals surface area contributed by atoms with E-state index in [9.17, 15) is 0 Å². The molecule has 1 aromatic heterocycles. The molecule has 62 valence electrons. The molecule has 0 aliphatic heterocycles. The van der Waals surface area contributed by atoms with Crippen molar-refractivity contribution < 1.29 is 0 Å². The van der Waals surface area contributed by atoms with Crippen molar-refractivity contribution in [3.63, 3.8) is 0 Å². The highest BCUT2D eigenvalue weighted by Crippen LogP contribution is 2.35. The maximum Gasteiger partial charge on any atom is 0.0489 e. The topological polar surface area (TPSA) is 0 Å². The lowest BCUT2D eigenvalue weighted by Crippen LogP contribution is -1.69. The molecule has 0 fully saturated rings. The minimum Gasteiger partial charge on any atom is -0.142 e. The summed E-state index contributed by atoms with van der Waals surface area (Å²) in [5.74, 6) is 0. The van der Waals surface area contributed by atoms with Gasteiger partial charge in [-0.3, -0.25) is 0 Å². The van der Waals surface area contributed by atoms with Crippen LogP contribution in [0, 0.1) is 10.5 Å². The molecule has 0 N–H and O–H groups in total. The SMILES string of the molecule is Cc1sc2c(S)cccc2c1I. The predicted molar refractivity (Wildman–Crippen MR) is 66.5 cm³/mol. The van der Waals surface area contributed by atoms with Crippen molar-refractivity contribution in [3.05, 3.63) is 26.6 Å². The Morgan fingerprint density at radius 1 is 1.42 bits per heavy atom. The number of aryl methyl sites for hydroxylation is 1. The van der Waals surface area contributed by atoms with Crippen LogP contribution in [-0.4, -0.2) is 0 Å². The van der Waals surface area contributed by atoms with E-state index in [0.29, 0.717) is 0 Å². The van der Waals surface area contributed by atoms with Crippen LogP contribution in [-0.2, 0) is 0 Å². The van der Waals surface area contributed by atoms with E-state index in [-0.39, 0.29) is 0 Å². The van der Waals surface area contributed by atoms with E-state index in [2.05, 4.69) is 54.3 Å². The summed E-state index contributed by atoms with van der Waals surface area (Å²) in [7, 11) is 0. The third-order valence-electron chi connectivity index (χ3n) is 1.79. The Morgan fingerprint density at radius 3 is 2.83 bits per heavy atom. The molecule has 0 nitrogen and oxygen atoms in total. The maximum atomic E-state index is 4.42. The monoisotopic (exact) mass is 306 g/mol. The lowest BCUT2D eigenvalue weighted by Gasteiger charge is -1.92.